The molecule has 7 heteroatoms. The molecular formula is C16H20FN3O3. The highest BCUT2D eigenvalue weighted by atomic mass is 19.1. The zero-order valence-corrected chi connectivity index (χ0v) is 13.1. The summed E-state index contributed by atoms with van der Waals surface area (Å²) in [5, 5.41) is 9.18. The number of halogens is 1. The summed E-state index contributed by atoms with van der Waals surface area (Å²) >= 11 is 0. The normalized spacial score (nSPS) is 17.9. The SMILES string of the molecule is CCCNC(=O)[C@H](C)NC(=O)[C@@H]1CC(c2ccc(F)cc2)=NO1. The zero-order valence-electron chi connectivity index (χ0n) is 13.1. The third-order valence-corrected chi connectivity index (χ3v) is 3.44. The number of hydrogen-bond acceptors (Lipinski definition) is 4. The van der Waals surface area contributed by atoms with Crippen LogP contribution in [0, 0.1) is 5.82 Å². The van der Waals surface area contributed by atoms with Gasteiger partial charge in [0, 0.05) is 13.0 Å². The summed E-state index contributed by atoms with van der Waals surface area (Å²) in [4.78, 5) is 29.0. The van der Waals surface area contributed by atoms with Crippen LogP contribution in [-0.2, 0) is 14.4 Å². The summed E-state index contributed by atoms with van der Waals surface area (Å²) in [5.41, 5.74) is 1.28. The molecule has 0 aromatic heterocycles. The Labute approximate surface area is 134 Å². The number of nitrogens with one attached hydrogen (secondary N) is 2. The Balaban J connectivity index is 1.86. The van der Waals surface area contributed by atoms with Crippen molar-refractivity contribution in [3.05, 3.63) is 35.6 Å². The Morgan fingerprint density at radius 1 is 1.39 bits per heavy atom. The monoisotopic (exact) mass is 321 g/mol. The van der Waals surface area contributed by atoms with Gasteiger partial charge in [0.25, 0.3) is 5.91 Å². The Hall–Kier alpha value is -2.44. The van der Waals surface area contributed by atoms with E-state index in [0.29, 0.717) is 17.8 Å². The molecule has 2 atom stereocenters. The number of oxime groups is 1. The summed E-state index contributed by atoms with van der Waals surface area (Å²) in [6.45, 7) is 4.13. The number of rotatable bonds is 6. The van der Waals surface area contributed by atoms with Crippen molar-refractivity contribution in [2.24, 2.45) is 5.16 Å². The van der Waals surface area contributed by atoms with E-state index in [1.54, 1.807) is 19.1 Å². The first-order chi connectivity index (χ1) is 11.0. The molecule has 1 aromatic rings. The van der Waals surface area contributed by atoms with Crippen molar-refractivity contribution in [2.45, 2.75) is 38.8 Å². The second kappa shape index (κ2) is 7.71. The van der Waals surface area contributed by atoms with Crippen LogP contribution in [-0.4, -0.2) is 36.2 Å². The van der Waals surface area contributed by atoms with E-state index in [1.165, 1.54) is 12.1 Å². The molecule has 0 saturated carbocycles. The minimum atomic E-state index is -0.781. The maximum atomic E-state index is 12.9. The summed E-state index contributed by atoms with van der Waals surface area (Å²) in [6, 6.07) is 5.17. The topological polar surface area (TPSA) is 79.8 Å². The molecule has 1 heterocycles. The average Bonchev–Trinajstić information content (AvgIpc) is 3.03. The van der Waals surface area contributed by atoms with Crippen molar-refractivity contribution in [1.82, 2.24) is 10.6 Å². The van der Waals surface area contributed by atoms with E-state index in [0.717, 1.165) is 6.42 Å². The molecule has 6 nitrogen and oxygen atoms in total. The second-order valence-electron chi connectivity index (χ2n) is 5.36. The number of nitrogens with zero attached hydrogens (tertiary/aromatic N) is 1. The third kappa shape index (κ3) is 4.51. The fraction of sp³-hybridized carbons (Fsp3) is 0.438. The van der Waals surface area contributed by atoms with Gasteiger partial charge in [0.1, 0.15) is 11.9 Å². The van der Waals surface area contributed by atoms with Gasteiger partial charge in [-0.25, -0.2) is 4.39 Å². The van der Waals surface area contributed by atoms with Crippen LogP contribution in [0.15, 0.2) is 29.4 Å². The van der Waals surface area contributed by atoms with Gasteiger partial charge in [-0.1, -0.05) is 24.2 Å². The van der Waals surface area contributed by atoms with Crippen LogP contribution in [0.25, 0.3) is 0 Å². The second-order valence-corrected chi connectivity index (χ2v) is 5.36. The Kier molecular flexibility index (Phi) is 5.67. The van der Waals surface area contributed by atoms with E-state index in [4.69, 9.17) is 4.84 Å². The van der Waals surface area contributed by atoms with Gasteiger partial charge >= 0.3 is 0 Å². The highest BCUT2D eigenvalue weighted by molar-refractivity contribution is 6.04. The molecule has 2 amide bonds. The average molecular weight is 321 g/mol. The fourth-order valence-corrected chi connectivity index (χ4v) is 2.10. The lowest BCUT2D eigenvalue weighted by Gasteiger charge is -2.15. The zero-order chi connectivity index (χ0) is 16.8. The molecule has 2 N–H and O–H groups in total. The molecule has 0 fully saturated rings. The smallest absolute Gasteiger partial charge is 0.264 e. The molecule has 1 aliphatic rings. The Bertz CT molecular complexity index is 601. The van der Waals surface area contributed by atoms with Gasteiger partial charge in [0.05, 0.1) is 5.71 Å². The van der Waals surface area contributed by atoms with Gasteiger partial charge in [0.2, 0.25) is 12.0 Å². The standard InChI is InChI=1S/C16H20FN3O3/c1-3-8-18-15(21)10(2)19-16(22)14-9-13(20-23-14)11-4-6-12(17)7-5-11/h4-7,10,14H,3,8-9H2,1-2H3,(H,18,21)(H,19,22)/t10-,14-/m0/s1. The molecule has 0 unspecified atom stereocenters. The maximum absolute atomic E-state index is 12.9. The van der Waals surface area contributed by atoms with E-state index in [9.17, 15) is 14.0 Å². The van der Waals surface area contributed by atoms with Crippen molar-refractivity contribution >= 4 is 17.5 Å². The molecule has 23 heavy (non-hydrogen) atoms. The first-order valence-corrected chi connectivity index (χ1v) is 7.58. The lowest BCUT2D eigenvalue weighted by atomic mass is 10.0. The number of hydrogen-bond donors (Lipinski definition) is 2. The third-order valence-electron chi connectivity index (χ3n) is 3.44. The summed E-state index contributed by atoms with van der Waals surface area (Å²) in [5.74, 6) is -0.975. The van der Waals surface area contributed by atoms with Crippen LogP contribution in [0.2, 0.25) is 0 Å². The van der Waals surface area contributed by atoms with Crippen molar-refractivity contribution in [3.63, 3.8) is 0 Å². The highest BCUT2D eigenvalue weighted by Gasteiger charge is 2.30. The van der Waals surface area contributed by atoms with Gasteiger partial charge in [-0.2, -0.15) is 0 Å². The molecule has 2 rings (SSSR count). The number of amides is 2. The van der Waals surface area contributed by atoms with Crippen molar-refractivity contribution in [3.8, 4) is 0 Å². The van der Waals surface area contributed by atoms with E-state index in [2.05, 4.69) is 15.8 Å². The fourth-order valence-electron chi connectivity index (χ4n) is 2.10. The summed E-state index contributed by atoms with van der Waals surface area (Å²) in [6.07, 6.45) is 0.324. The summed E-state index contributed by atoms with van der Waals surface area (Å²) < 4.78 is 12.9. The van der Waals surface area contributed by atoms with E-state index < -0.39 is 18.1 Å². The van der Waals surface area contributed by atoms with Gasteiger partial charge in [-0.3, -0.25) is 9.59 Å². The predicted molar refractivity (Wildman–Crippen MR) is 83.3 cm³/mol. The van der Waals surface area contributed by atoms with E-state index in [1.807, 2.05) is 6.92 Å². The first kappa shape index (κ1) is 16.9. The lowest BCUT2D eigenvalue weighted by Crippen LogP contribution is -2.48. The Morgan fingerprint density at radius 2 is 2.09 bits per heavy atom. The molecule has 1 aliphatic heterocycles. The molecule has 0 radical (unpaired) electrons. The van der Waals surface area contributed by atoms with Gasteiger partial charge < -0.3 is 15.5 Å². The summed E-state index contributed by atoms with van der Waals surface area (Å²) in [7, 11) is 0. The minimum Gasteiger partial charge on any atom is -0.382 e. The number of benzene rings is 1. The molecule has 0 spiro atoms. The molecular weight excluding hydrogens is 301 g/mol. The van der Waals surface area contributed by atoms with Crippen LogP contribution < -0.4 is 10.6 Å². The molecule has 124 valence electrons. The quantitative estimate of drug-likeness (QED) is 0.830. The predicted octanol–water partition coefficient (Wildman–Crippen LogP) is 1.35. The number of carbonyl (C=O) groups is 2. The van der Waals surface area contributed by atoms with Crippen LogP contribution in [0.5, 0.6) is 0 Å². The van der Waals surface area contributed by atoms with E-state index >= 15 is 0 Å². The largest absolute Gasteiger partial charge is 0.382 e. The maximum Gasteiger partial charge on any atom is 0.264 e. The molecule has 1 aromatic carbocycles. The van der Waals surface area contributed by atoms with Gasteiger partial charge in [-0.05, 0) is 31.0 Å². The van der Waals surface area contributed by atoms with Gasteiger partial charge in [-0.15, -0.1) is 0 Å². The molecule has 0 saturated heterocycles. The lowest BCUT2D eigenvalue weighted by molar-refractivity contribution is -0.135. The van der Waals surface area contributed by atoms with Crippen LogP contribution in [0.3, 0.4) is 0 Å². The van der Waals surface area contributed by atoms with Gasteiger partial charge in [0.15, 0.2) is 0 Å². The van der Waals surface area contributed by atoms with Crippen molar-refractivity contribution in [2.75, 3.05) is 6.54 Å². The van der Waals surface area contributed by atoms with Crippen molar-refractivity contribution in [1.29, 1.82) is 0 Å². The highest BCUT2D eigenvalue weighted by Crippen LogP contribution is 2.17. The van der Waals surface area contributed by atoms with Crippen LogP contribution >= 0.6 is 0 Å². The number of carbonyl (C=O) groups excluding carboxylic acids is 2. The molecule has 0 aliphatic carbocycles. The first-order valence-electron chi connectivity index (χ1n) is 7.58. The molecule has 0 bridgehead atoms. The van der Waals surface area contributed by atoms with E-state index in [-0.39, 0.29) is 18.1 Å². The van der Waals surface area contributed by atoms with Crippen LogP contribution in [0.4, 0.5) is 4.39 Å². The van der Waals surface area contributed by atoms with Crippen LogP contribution in [0.1, 0.15) is 32.3 Å². The minimum absolute atomic E-state index is 0.238. The Morgan fingerprint density at radius 3 is 2.74 bits per heavy atom. The van der Waals surface area contributed by atoms with Crippen molar-refractivity contribution < 1.29 is 18.8 Å².